The second kappa shape index (κ2) is 9.15. The molecule has 1 amide bonds. The number of carbonyl (C=O) groups is 1. The van der Waals surface area contributed by atoms with Crippen molar-refractivity contribution in [2.45, 2.75) is 38.5 Å². The summed E-state index contributed by atoms with van der Waals surface area (Å²) >= 11 is 0. The number of sulfone groups is 1. The third kappa shape index (κ3) is 6.77. The number of hydrogen-bond donors (Lipinski definition) is 1. The minimum atomic E-state index is -3.55. The molecule has 0 aromatic heterocycles. The van der Waals surface area contributed by atoms with Crippen molar-refractivity contribution >= 4 is 15.7 Å². The Morgan fingerprint density at radius 3 is 2.69 bits per heavy atom. The predicted molar refractivity (Wildman–Crippen MR) is 101 cm³/mol. The maximum Gasteiger partial charge on any atom is 0.235 e. The maximum atomic E-state index is 12.2. The van der Waals surface area contributed by atoms with E-state index in [1.54, 1.807) is 24.3 Å². The number of rotatable bonds is 7. The number of amides is 1. The molecule has 0 aliphatic carbocycles. The molecule has 1 saturated heterocycles. The van der Waals surface area contributed by atoms with Gasteiger partial charge in [0.05, 0.1) is 17.4 Å². The minimum Gasteiger partial charge on any atom is -0.351 e. The molecule has 6 nitrogen and oxygen atoms in total. The molecule has 2 unspecified atom stereocenters. The van der Waals surface area contributed by atoms with E-state index >= 15 is 0 Å². The Bertz CT molecular complexity index is 753. The molecule has 0 bridgehead atoms. The van der Waals surface area contributed by atoms with Crippen LogP contribution >= 0.6 is 0 Å². The topological polar surface area (TPSA) is 90.3 Å². The lowest BCUT2D eigenvalue weighted by molar-refractivity contribution is -0.119. The fraction of sp³-hybridized carbons (Fsp3) is 0.579. The van der Waals surface area contributed by atoms with Gasteiger partial charge in [-0.25, -0.2) is 8.42 Å². The summed E-state index contributed by atoms with van der Waals surface area (Å²) in [4.78, 5) is 14.4. The van der Waals surface area contributed by atoms with Gasteiger partial charge in [0.25, 0.3) is 0 Å². The van der Waals surface area contributed by atoms with Crippen molar-refractivity contribution in [2.75, 3.05) is 25.4 Å². The molecule has 1 aromatic rings. The number of carbonyl (C=O) groups excluding carboxylic acids is 1. The van der Waals surface area contributed by atoms with Crippen molar-refractivity contribution in [2.24, 2.45) is 5.92 Å². The summed E-state index contributed by atoms with van der Waals surface area (Å²) in [5.41, 5.74) is 1.05. The van der Waals surface area contributed by atoms with Gasteiger partial charge < -0.3 is 10.2 Å². The lowest BCUT2D eigenvalue weighted by atomic mass is 10.00. The van der Waals surface area contributed by atoms with Gasteiger partial charge >= 0.3 is 0 Å². The molecular weight excluding hydrogens is 350 g/mol. The fourth-order valence-corrected chi connectivity index (χ4v) is 4.67. The van der Waals surface area contributed by atoms with E-state index in [2.05, 4.69) is 17.1 Å². The van der Waals surface area contributed by atoms with Crippen LogP contribution in [0.1, 0.15) is 37.8 Å². The number of nitrogens with one attached hydrogen (secondary N) is 1. The van der Waals surface area contributed by atoms with Crippen molar-refractivity contribution in [3.8, 4) is 6.07 Å². The summed E-state index contributed by atoms with van der Waals surface area (Å²) in [7, 11) is -3.55. The Kier molecular flexibility index (Phi) is 7.18. The second-order valence-electron chi connectivity index (χ2n) is 7.32. The molecule has 2 atom stereocenters. The van der Waals surface area contributed by atoms with Crippen molar-refractivity contribution in [1.82, 2.24) is 10.2 Å². The van der Waals surface area contributed by atoms with Gasteiger partial charge in [-0.1, -0.05) is 19.1 Å². The van der Waals surface area contributed by atoms with Crippen molar-refractivity contribution < 1.29 is 13.2 Å². The zero-order valence-corrected chi connectivity index (χ0v) is 16.3. The van der Waals surface area contributed by atoms with E-state index in [4.69, 9.17) is 5.26 Å². The molecule has 7 heteroatoms. The van der Waals surface area contributed by atoms with E-state index in [9.17, 15) is 13.2 Å². The number of nitriles is 1. The highest BCUT2D eigenvalue weighted by atomic mass is 32.2. The molecule has 0 spiro atoms. The number of piperidine rings is 1. The van der Waals surface area contributed by atoms with Crippen LogP contribution in [0.15, 0.2) is 24.3 Å². The highest BCUT2D eigenvalue weighted by Crippen LogP contribution is 2.15. The third-order valence-corrected chi connectivity index (χ3v) is 5.98. The first-order valence-electron chi connectivity index (χ1n) is 8.98. The molecule has 0 radical (unpaired) electrons. The van der Waals surface area contributed by atoms with Gasteiger partial charge in [0.1, 0.15) is 5.75 Å². The molecule has 26 heavy (non-hydrogen) atoms. The van der Waals surface area contributed by atoms with Gasteiger partial charge in [0.2, 0.25) is 5.91 Å². The van der Waals surface area contributed by atoms with Crippen LogP contribution in [0.4, 0.5) is 0 Å². The van der Waals surface area contributed by atoms with Crippen LogP contribution in [0.3, 0.4) is 0 Å². The quantitative estimate of drug-likeness (QED) is 0.781. The molecule has 1 aliphatic heterocycles. The van der Waals surface area contributed by atoms with Crippen LogP contribution < -0.4 is 5.32 Å². The zero-order valence-electron chi connectivity index (χ0n) is 15.4. The first-order chi connectivity index (χ1) is 12.3. The van der Waals surface area contributed by atoms with Gasteiger partial charge in [-0.2, -0.15) is 5.26 Å². The van der Waals surface area contributed by atoms with Crippen LogP contribution in [0.2, 0.25) is 0 Å². The van der Waals surface area contributed by atoms with Gasteiger partial charge in [0, 0.05) is 19.1 Å². The number of likely N-dealkylation sites (tertiary alicyclic amines) is 1. The van der Waals surface area contributed by atoms with Gasteiger partial charge in [0.15, 0.2) is 9.84 Å². The Morgan fingerprint density at radius 1 is 1.38 bits per heavy atom. The molecule has 1 aromatic carbocycles. The first kappa shape index (κ1) is 20.4. The summed E-state index contributed by atoms with van der Waals surface area (Å²) in [6.45, 7) is 6.93. The highest BCUT2D eigenvalue weighted by Gasteiger charge is 2.21. The average Bonchev–Trinajstić information content (AvgIpc) is 2.54. The Morgan fingerprint density at radius 2 is 2.08 bits per heavy atom. The molecule has 1 aliphatic rings. The van der Waals surface area contributed by atoms with E-state index in [0.717, 1.165) is 19.6 Å². The third-order valence-electron chi connectivity index (χ3n) is 4.50. The standard InChI is InChI=1S/C19H27N3O3S/c1-15-4-3-9-22(11-15)12-16(2)21-19(23)14-26(24,25)13-18-7-5-17(10-20)6-8-18/h5-8,15-16H,3-4,9,11-14H2,1-2H3,(H,21,23). The summed E-state index contributed by atoms with van der Waals surface area (Å²) in [6, 6.07) is 8.27. The second-order valence-corrected chi connectivity index (χ2v) is 9.38. The Balaban J connectivity index is 1.82. The maximum absolute atomic E-state index is 12.2. The molecule has 142 valence electrons. The number of benzene rings is 1. The monoisotopic (exact) mass is 377 g/mol. The summed E-state index contributed by atoms with van der Waals surface area (Å²) in [5, 5.41) is 11.6. The number of nitrogens with zero attached hydrogens (tertiary/aromatic N) is 2. The summed E-state index contributed by atoms with van der Waals surface area (Å²) < 4.78 is 24.5. The predicted octanol–water partition coefficient (Wildman–Crippen LogP) is 1.71. The Hall–Kier alpha value is -1.91. The SMILES string of the molecule is CC1CCCN(CC(C)NC(=O)CS(=O)(=O)Cc2ccc(C#N)cc2)C1. The van der Waals surface area contributed by atoms with Gasteiger partial charge in [-0.15, -0.1) is 0 Å². The molecule has 1 heterocycles. The van der Waals surface area contributed by atoms with E-state index in [1.165, 1.54) is 12.8 Å². The van der Waals surface area contributed by atoms with Crippen LogP contribution in [0.25, 0.3) is 0 Å². The van der Waals surface area contributed by atoms with Crippen LogP contribution in [-0.4, -0.2) is 50.7 Å². The van der Waals surface area contributed by atoms with E-state index in [0.29, 0.717) is 17.0 Å². The lowest BCUT2D eigenvalue weighted by Crippen LogP contribution is -2.46. The molecule has 0 saturated carbocycles. The lowest BCUT2D eigenvalue weighted by Gasteiger charge is -2.32. The average molecular weight is 378 g/mol. The fourth-order valence-electron chi connectivity index (χ4n) is 3.38. The van der Waals surface area contributed by atoms with Crippen molar-refractivity contribution in [1.29, 1.82) is 5.26 Å². The Labute approximate surface area is 156 Å². The molecule has 2 rings (SSSR count). The first-order valence-corrected chi connectivity index (χ1v) is 10.8. The summed E-state index contributed by atoms with van der Waals surface area (Å²) in [5.74, 6) is -0.520. The molecule has 1 N–H and O–H groups in total. The number of hydrogen-bond acceptors (Lipinski definition) is 5. The normalized spacial score (nSPS) is 19.5. The zero-order chi connectivity index (χ0) is 19.2. The smallest absolute Gasteiger partial charge is 0.235 e. The van der Waals surface area contributed by atoms with Crippen LogP contribution in [0.5, 0.6) is 0 Å². The van der Waals surface area contributed by atoms with E-state index < -0.39 is 21.5 Å². The molecular formula is C19H27N3O3S. The van der Waals surface area contributed by atoms with Gasteiger partial charge in [-0.3, -0.25) is 4.79 Å². The largest absolute Gasteiger partial charge is 0.351 e. The van der Waals surface area contributed by atoms with Crippen LogP contribution in [0, 0.1) is 17.2 Å². The minimum absolute atomic E-state index is 0.0853. The van der Waals surface area contributed by atoms with Crippen molar-refractivity contribution in [3.63, 3.8) is 0 Å². The summed E-state index contributed by atoms with van der Waals surface area (Å²) in [6.07, 6.45) is 2.41. The van der Waals surface area contributed by atoms with Gasteiger partial charge in [-0.05, 0) is 49.9 Å². The van der Waals surface area contributed by atoms with E-state index in [-0.39, 0.29) is 11.8 Å². The molecule has 1 fully saturated rings. The van der Waals surface area contributed by atoms with Crippen molar-refractivity contribution in [3.05, 3.63) is 35.4 Å². The van der Waals surface area contributed by atoms with E-state index in [1.807, 2.05) is 13.0 Å². The highest BCUT2D eigenvalue weighted by molar-refractivity contribution is 7.91. The van der Waals surface area contributed by atoms with Crippen LogP contribution in [-0.2, 0) is 20.4 Å².